The Morgan fingerprint density at radius 2 is 1.57 bits per heavy atom. The second-order valence-corrected chi connectivity index (χ2v) is 13.1. The standard InChI is InChI=1S/C26H26F7NO5S/c1-22(2,3)39-21(35)34-13-12-23(40(37,38)18-8-6-17(27)7-9-18)19-10-5-16(14-15(19)4-11-20(23)34)24(36,25(28,29)30)26(31,32)33/h5-10,14,20,36H,4,11-13H2,1-3H3. The number of sulfone groups is 1. The Kier molecular flexibility index (Phi) is 7.02. The molecule has 1 amide bonds. The molecule has 1 heterocycles. The molecule has 1 saturated heterocycles. The van der Waals surface area contributed by atoms with Gasteiger partial charge in [-0.3, -0.25) is 0 Å². The van der Waals surface area contributed by atoms with Crippen molar-refractivity contribution in [3.05, 3.63) is 65.0 Å². The van der Waals surface area contributed by atoms with Crippen molar-refractivity contribution in [2.75, 3.05) is 6.54 Å². The molecule has 2 aliphatic rings. The van der Waals surface area contributed by atoms with E-state index in [9.17, 15) is 49.1 Å². The van der Waals surface area contributed by atoms with Gasteiger partial charge in [0.2, 0.25) is 0 Å². The predicted molar refractivity (Wildman–Crippen MR) is 127 cm³/mol. The van der Waals surface area contributed by atoms with Crippen molar-refractivity contribution in [1.29, 1.82) is 0 Å². The average molecular weight is 598 g/mol. The van der Waals surface area contributed by atoms with E-state index < -0.39 is 61.7 Å². The maximum atomic E-state index is 14.2. The highest BCUT2D eigenvalue weighted by Crippen LogP contribution is 2.55. The van der Waals surface area contributed by atoms with Crippen LogP contribution >= 0.6 is 0 Å². The normalized spacial score (nSPS) is 22.1. The fraction of sp³-hybridized carbons (Fsp3) is 0.500. The minimum absolute atomic E-state index is 0.102. The van der Waals surface area contributed by atoms with Gasteiger partial charge in [0, 0.05) is 12.1 Å². The summed E-state index contributed by atoms with van der Waals surface area (Å²) in [4.78, 5) is 13.9. The lowest BCUT2D eigenvalue weighted by atomic mass is 9.76. The number of amides is 1. The van der Waals surface area contributed by atoms with Gasteiger partial charge < -0.3 is 14.7 Å². The highest BCUT2D eigenvalue weighted by Gasteiger charge is 2.72. The van der Waals surface area contributed by atoms with Crippen molar-refractivity contribution in [3.63, 3.8) is 0 Å². The summed E-state index contributed by atoms with van der Waals surface area (Å²) in [5.74, 6) is -0.734. The highest BCUT2D eigenvalue weighted by molar-refractivity contribution is 7.92. The van der Waals surface area contributed by atoms with E-state index in [0.29, 0.717) is 12.1 Å². The third kappa shape index (κ3) is 4.52. The summed E-state index contributed by atoms with van der Waals surface area (Å²) in [5.41, 5.74) is -7.92. The van der Waals surface area contributed by atoms with Crippen LogP contribution in [0.25, 0.3) is 0 Å². The first-order valence-corrected chi connectivity index (χ1v) is 13.6. The molecule has 2 aromatic carbocycles. The van der Waals surface area contributed by atoms with E-state index in [0.717, 1.165) is 30.3 Å². The molecule has 40 heavy (non-hydrogen) atoms. The van der Waals surface area contributed by atoms with Crippen LogP contribution in [0.2, 0.25) is 0 Å². The zero-order valence-corrected chi connectivity index (χ0v) is 22.3. The first-order chi connectivity index (χ1) is 18.2. The number of likely N-dealkylation sites (tertiary alicyclic amines) is 1. The summed E-state index contributed by atoms with van der Waals surface area (Å²) in [5, 5.41) is 9.92. The number of carbonyl (C=O) groups is 1. The summed E-state index contributed by atoms with van der Waals surface area (Å²) in [6.45, 7) is 4.66. The Labute approximate surface area is 225 Å². The summed E-state index contributed by atoms with van der Waals surface area (Å²) in [7, 11) is -4.53. The highest BCUT2D eigenvalue weighted by atomic mass is 32.2. The predicted octanol–water partition coefficient (Wildman–Crippen LogP) is 5.76. The van der Waals surface area contributed by atoms with Crippen LogP contribution in [0.5, 0.6) is 0 Å². The van der Waals surface area contributed by atoms with Crippen molar-refractivity contribution >= 4 is 15.9 Å². The van der Waals surface area contributed by atoms with E-state index in [1.54, 1.807) is 20.8 Å². The first-order valence-electron chi connectivity index (χ1n) is 12.2. The van der Waals surface area contributed by atoms with Crippen molar-refractivity contribution in [2.45, 2.75) is 79.3 Å². The topological polar surface area (TPSA) is 83.9 Å². The molecule has 0 spiro atoms. The first kappa shape index (κ1) is 30.1. The molecule has 1 fully saturated rings. The van der Waals surface area contributed by atoms with Gasteiger partial charge in [0.15, 0.2) is 9.84 Å². The smallest absolute Gasteiger partial charge is 0.430 e. The third-order valence-corrected chi connectivity index (χ3v) is 9.90. The fourth-order valence-corrected chi connectivity index (χ4v) is 7.97. The van der Waals surface area contributed by atoms with Gasteiger partial charge in [0.25, 0.3) is 5.60 Å². The van der Waals surface area contributed by atoms with Crippen LogP contribution in [0.4, 0.5) is 35.5 Å². The van der Waals surface area contributed by atoms with Crippen molar-refractivity contribution < 1.29 is 53.8 Å². The van der Waals surface area contributed by atoms with Gasteiger partial charge in [0.05, 0.1) is 10.9 Å². The molecule has 6 nitrogen and oxygen atoms in total. The minimum Gasteiger partial charge on any atom is -0.444 e. The molecule has 2 unspecified atom stereocenters. The van der Waals surface area contributed by atoms with Crippen LogP contribution in [0.15, 0.2) is 47.4 Å². The van der Waals surface area contributed by atoms with E-state index in [2.05, 4.69) is 0 Å². The Bertz CT molecular complexity index is 1400. The largest absolute Gasteiger partial charge is 0.444 e. The van der Waals surface area contributed by atoms with Crippen LogP contribution in [-0.4, -0.2) is 55.1 Å². The third-order valence-electron chi connectivity index (χ3n) is 7.36. The molecule has 4 rings (SSSR count). The lowest BCUT2D eigenvalue weighted by molar-refractivity contribution is -0.376. The molecule has 14 heteroatoms. The van der Waals surface area contributed by atoms with Crippen LogP contribution in [-0.2, 0) is 31.3 Å². The Balaban J connectivity index is 1.94. The molecule has 0 aromatic heterocycles. The Hall–Kier alpha value is -2.87. The number of ether oxygens (including phenoxy) is 1. The summed E-state index contributed by atoms with van der Waals surface area (Å²) in [6.07, 6.45) is -13.7. The van der Waals surface area contributed by atoms with E-state index in [1.807, 2.05) is 0 Å². The summed E-state index contributed by atoms with van der Waals surface area (Å²) < 4.78 is 127. The fourth-order valence-electron chi connectivity index (χ4n) is 5.60. The van der Waals surface area contributed by atoms with E-state index in [-0.39, 0.29) is 41.8 Å². The number of aryl methyl sites for hydroxylation is 1. The molecule has 220 valence electrons. The van der Waals surface area contributed by atoms with Gasteiger partial charge in [-0.1, -0.05) is 18.2 Å². The number of halogens is 7. The van der Waals surface area contributed by atoms with E-state index in [4.69, 9.17) is 4.74 Å². The number of fused-ring (bicyclic) bond motifs is 3. The van der Waals surface area contributed by atoms with Gasteiger partial charge in [0.1, 0.15) is 16.2 Å². The minimum atomic E-state index is -6.13. The second-order valence-electron chi connectivity index (χ2n) is 10.9. The molecule has 0 bridgehead atoms. The summed E-state index contributed by atoms with van der Waals surface area (Å²) >= 11 is 0. The number of aliphatic hydroxyl groups is 1. The molecular weight excluding hydrogens is 571 g/mol. The lowest BCUT2D eigenvalue weighted by Crippen LogP contribution is -2.55. The maximum absolute atomic E-state index is 14.2. The van der Waals surface area contributed by atoms with Crippen molar-refractivity contribution in [2.24, 2.45) is 0 Å². The quantitative estimate of drug-likeness (QED) is 0.359. The van der Waals surface area contributed by atoms with Gasteiger partial charge in [-0.15, -0.1) is 0 Å². The Morgan fingerprint density at radius 1 is 1.00 bits per heavy atom. The molecule has 2 aromatic rings. The van der Waals surface area contributed by atoms with Crippen LogP contribution in [0, 0.1) is 5.82 Å². The second kappa shape index (κ2) is 9.33. The molecule has 1 aliphatic heterocycles. The van der Waals surface area contributed by atoms with Gasteiger partial charge >= 0.3 is 18.4 Å². The molecular formula is C26H26F7NO5S. The molecule has 1 aliphatic carbocycles. The zero-order valence-electron chi connectivity index (χ0n) is 21.5. The van der Waals surface area contributed by atoms with Crippen molar-refractivity contribution in [1.82, 2.24) is 4.90 Å². The number of nitrogens with zero attached hydrogens (tertiary/aromatic N) is 1. The number of hydrogen-bond acceptors (Lipinski definition) is 5. The molecule has 0 radical (unpaired) electrons. The van der Waals surface area contributed by atoms with Crippen LogP contribution in [0.3, 0.4) is 0 Å². The number of rotatable bonds is 3. The molecule has 1 N–H and O–H groups in total. The van der Waals surface area contributed by atoms with Gasteiger partial charge in [-0.2, -0.15) is 26.3 Å². The lowest BCUT2D eigenvalue weighted by Gasteiger charge is -2.43. The number of benzene rings is 2. The summed E-state index contributed by atoms with van der Waals surface area (Å²) in [6, 6.07) is 4.46. The number of alkyl halides is 6. The Morgan fingerprint density at radius 3 is 2.10 bits per heavy atom. The maximum Gasteiger partial charge on any atom is 0.430 e. The average Bonchev–Trinajstić information content (AvgIpc) is 3.23. The van der Waals surface area contributed by atoms with Crippen LogP contribution in [0.1, 0.15) is 50.3 Å². The van der Waals surface area contributed by atoms with E-state index >= 15 is 0 Å². The number of hydrogen-bond donors (Lipinski definition) is 1. The molecule has 2 atom stereocenters. The monoisotopic (exact) mass is 597 g/mol. The van der Waals surface area contributed by atoms with Gasteiger partial charge in [-0.05, 0) is 75.4 Å². The zero-order chi connectivity index (χ0) is 30.1. The van der Waals surface area contributed by atoms with Crippen molar-refractivity contribution in [3.8, 4) is 0 Å². The van der Waals surface area contributed by atoms with Crippen LogP contribution < -0.4 is 0 Å². The van der Waals surface area contributed by atoms with Gasteiger partial charge in [-0.25, -0.2) is 17.6 Å². The van der Waals surface area contributed by atoms with E-state index in [1.165, 1.54) is 4.90 Å². The molecule has 0 saturated carbocycles. The SMILES string of the molecule is CC(C)(C)OC(=O)N1CCC2(S(=O)(=O)c3ccc(F)cc3)c3ccc(C(O)(C(F)(F)F)C(F)(F)F)cc3CCC12. The number of carbonyl (C=O) groups excluding carboxylic acids is 1.